The van der Waals surface area contributed by atoms with Gasteiger partial charge in [0.15, 0.2) is 0 Å². The fourth-order valence-electron chi connectivity index (χ4n) is 7.28. The first kappa shape index (κ1) is 14.1. The summed E-state index contributed by atoms with van der Waals surface area (Å²) in [6, 6.07) is -35.9. The summed E-state index contributed by atoms with van der Waals surface area (Å²) in [5.41, 5.74) is -12.2. The molecule has 3 aromatic heterocycles. The number of rotatable bonds is 5. The van der Waals surface area contributed by atoms with E-state index >= 15 is 0 Å². The molecule has 12 rings (SSSR count). The molecule has 5 nitrogen and oxygen atoms in total. The Morgan fingerprint density at radius 1 is 0.339 bits per heavy atom. The van der Waals surface area contributed by atoms with Crippen molar-refractivity contribution in [3.63, 3.8) is 0 Å². The van der Waals surface area contributed by atoms with Crippen molar-refractivity contribution >= 4 is 65.4 Å². The molecule has 12 aromatic rings. The van der Waals surface area contributed by atoms with Crippen molar-refractivity contribution in [2.24, 2.45) is 0 Å². The average Bonchev–Trinajstić information content (AvgIpc) is 1.50. The molecule has 0 aliphatic carbocycles. The quantitative estimate of drug-likeness (QED) is 0.182. The number of para-hydroxylation sites is 3. The monoisotopic (exact) mass is 790 g/mol. The van der Waals surface area contributed by atoms with E-state index in [-0.39, 0.29) is 0 Å². The largest absolute Gasteiger partial charge is 0.508 e. The van der Waals surface area contributed by atoms with E-state index in [0.717, 1.165) is 0 Å². The molecular formula is C54H35N3O2. The molecule has 0 atom stereocenters. The van der Waals surface area contributed by atoms with Crippen molar-refractivity contribution in [2.75, 3.05) is 0 Å². The lowest BCUT2D eigenvalue weighted by molar-refractivity contribution is 0.476. The molecule has 0 unspecified atom stereocenters. The van der Waals surface area contributed by atoms with E-state index in [0.29, 0.717) is 13.7 Å². The highest BCUT2D eigenvalue weighted by Gasteiger charge is 2.22. The number of hydrogen-bond donors (Lipinski definition) is 2. The Morgan fingerprint density at radius 2 is 0.847 bits per heavy atom. The Balaban J connectivity index is 1.39. The van der Waals surface area contributed by atoms with Crippen LogP contribution in [0.5, 0.6) is 11.5 Å². The molecule has 9 aromatic carbocycles. The van der Waals surface area contributed by atoms with Crippen molar-refractivity contribution in [3.8, 4) is 50.8 Å². The maximum atomic E-state index is 11.6. The first-order chi connectivity index (χ1) is 42.9. The number of benzene rings is 9. The van der Waals surface area contributed by atoms with Gasteiger partial charge in [0.2, 0.25) is 0 Å². The Hall–Kier alpha value is -8.02. The van der Waals surface area contributed by atoms with Crippen LogP contribution in [0.3, 0.4) is 0 Å². The van der Waals surface area contributed by atoms with E-state index in [1.165, 1.54) is 0 Å². The fourth-order valence-corrected chi connectivity index (χ4v) is 7.28. The van der Waals surface area contributed by atoms with Crippen LogP contribution in [0.1, 0.15) is 45.2 Å². The highest BCUT2D eigenvalue weighted by Crippen LogP contribution is 2.44. The zero-order valence-electron chi connectivity index (χ0n) is 62.2. The number of aromatic nitrogens is 3. The molecule has 0 spiro atoms. The maximum Gasteiger partial charge on any atom is 0.125 e. The minimum absolute atomic E-state index is 0.563. The summed E-state index contributed by atoms with van der Waals surface area (Å²) in [6.45, 7) is 0. The van der Waals surface area contributed by atoms with Gasteiger partial charge in [-0.25, -0.2) is 0 Å². The van der Waals surface area contributed by atoms with Gasteiger partial charge in [0, 0.05) is 54.8 Å². The van der Waals surface area contributed by atoms with E-state index in [1.807, 2.05) is 0 Å². The molecule has 278 valence electrons. The van der Waals surface area contributed by atoms with Crippen molar-refractivity contribution in [2.45, 2.75) is 0 Å². The Bertz CT molecular complexity index is 5360. The number of fused-ring (bicyclic) bond motifs is 9. The van der Waals surface area contributed by atoms with Crippen LogP contribution in [-0.4, -0.2) is 23.9 Å². The number of hydrogen-bond acceptors (Lipinski definition) is 2. The molecular weight excluding hydrogens is 723 g/mol. The second kappa shape index (κ2) is 12.7. The smallest absolute Gasteiger partial charge is 0.125 e. The minimum Gasteiger partial charge on any atom is -0.508 e. The molecule has 0 saturated carbocycles. The van der Waals surface area contributed by atoms with Crippen LogP contribution in [0.2, 0.25) is 0 Å². The van der Waals surface area contributed by atoms with E-state index < -0.39 is 316 Å². The predicted octanol–water partition coefficient (Wildman–Crippen LogP) is 13.7. The second-order valence-electron chi connectivity index (χ2n) is 12.7. The zero-order valence-corrected chi connectivity index (χ0v) is 29.2. The molecule has 0 amide bonds. The molecule has 0 saturated heterocycles. The molecule has 0 aliphatic heterocycles. The highest BCUT2D eigenvalue weighted by molar-refractivity contribution is 6.15. The lowest BCUT2D eigenvalue weighted by Gasteiger charge is -2.19. The van der Waals surface area contributed by atoms with E-state index in [4.69, 9.17) is 21.9 Å². The Morgan fingerprint density at radius 3 is 1.58 bits per heavy atom. The standard InChI is InChI=1S/C54H35N3O2/c58-38-27-30-49-45(33-38)44-31-36(26-29-48(44)57(49)54-39(34-13-3-1-4-14-34)19-11-20-40(54)35-15-5-2-6-16-35)56-46-21-9-7-17-41(46)42-28-25-37(32-51(42)56)55-47-22-10-8-18-43(47)53-50(55)23-12-24-52(53)59/h1-33,58-59H/i1D,2D,3D,4D,5D,6D,7D,8D,9D,10D,11D,12D,13D,14D,15D,16D,17D,18D,19D,20D,21D,22D,23D,24D,25D,26D,27D,28D,29D,30D,31D,32D,33D. The summed E-state index contributed by atoms with van der Waals surface area (Å²) >= 11 is 0. The fraction of sp³-hybridized carbons (Fsp3) is 0. The molecule has 5 heteroatoms. The highest BCUT2D eigenvalue weighted by atomic mass is 16.3. The Labute approximate surface area is 385 Å². The van der Waals surface area contributed by atoms with Crippen molar-refractivity contribution in [1.82, 2.24) is 13.7 Å². The summed E-state index contributed by atoms with van der Waals surface area (Å²) < 4.78 is 305. The van der Waals surface area contributed by atoms with Gasteiger partial charge in [-0.05, 0) is 83.6 Å². The molecule has 0 aliphatic rings. The van der Waals surface area contributed by atoms with Crippen molar-refractivity contribution < 1.29 is 55.4 Å². The summed E-state index contributed by atoms with van der Waals surface area (Å²) in [5, 5.41) is 18.7. The Kier molecular flexibility index (Phi) is 3.05. The van der Waals surface area contributed by atoms with E-state index in [2.05, 4.69) is 0 Å². The van der Waals surface area contributed by atoms with Gasteiger partial charge >= 0.3 is 0 Å². The summed E-state index contributed by atoms with van der Waals surface area (Å²) in [6.07, 6.45) is 0. The number of phenols is 2. The number of nitrogens with zero attached hydrogens (tertiary/aromatic N) is 3. The van der Waals surface area contributed by atoms with E-state index in [9.17, 15) is 33.5 Å². The molecule has 0 bridgehead atoms. The van der Waals surface area contributed by atoms with Gasteiger partial charge in [-0.1, -0.05) is 127 Å². The van der Waals surface area contributed by atoms with Crippen LogP contribution in [0.15, 0.2) is 199 Å². The van der Waals surface area contributed by atoms with Crippen LogP contribution in [0.4, 0.5) is 0 Å². The molecule has 3 heterocycles. The van der Waals surface area contributed by atoms with Gasteiger partial charge in [-0.3, -0.25) is 0 Å². The third kappa shape index (κ3) is 4.92. The predicted molar refractivity (Wildman–Crippen MR) is 244 cm³/mol. The summed E-state index contributed by atoms with van der Waals surface area (Å²) in [7, 11) is 0. The zero-order chi connectivity index (χ0) is 67.9. The van der Waals surface area contributed by atoms with Crippen molar-refractivity contribution in [3.05, 3.63) is 199 Å². The molecule has 0 fully saturated rings. The minimum atomic E-state index is -1.33. The third-order valence-electron chi connectivity index (χ3n) is 9.62. The molecule has 59 heavy (non-hydrogen) atoms. The van der Waals surface area contributed by atoms with Crippen molar-refractivity contribution in [1.29, 1.82) is 0 Å². The summed E-state index contributed by atoms with van der Waals surface area (Å²) in [4.78, 5) is 0. The van der Waals surface area contributed by atoms with E-state index in [1.54, 1.807) is 0 Å². The van der Waals surface area contributed by atoms with Gasteiger partial charge < -0.3 is 23.9 Å². The molecule has 2 N–H and O–H groups in total. The third-order valence-corrected chi connectivity index (χ3v) is 9.62. The van der Waals surface area contributed by atoms with Gasteiger partial charge in [-0.2, -0.15) is 0 Å². The van der Waals surface area contributed by atoms with Gasteiger partial charge in [0.25, 0.3) is 0 Å². The first-order valence-corrected chi connectivity index (χ1v) is 17.2. The number of aromatic hydroxyl groups is 2. The maximum absolute atomic E-state index is 11.6. The van der Waals surface area contributed by atoms with Gasteiger partial charge in [-0.15, -0.1) is 0 Å². The van der Waals surface area contributed by atoms with Crippen LogP contribution >= 0.6 is 0 Å². The number of phenolic OH excluding ortho intramolecular Hbond substituents is 2. The SMILES string of the molecule is [2H]c1c([2H])c([2H])c(-c2c([2H])c([2H])c([2H])c(-c3c([2H])c([2H])c([2H])c([2H])c3[2H])c2-n2c3c([2H])c([2H])c(O)c([2H])c3c3c([2H])c(-n4c5c([2H])c([2H])c([2H])c([2H])c5c5c([2H])c([2H])c(-n6c7c([2H])c([2H])c([2H])c([2H])c7c7c(O)c([2H])c([2H])c([2H])c76)c([2H])c54)c([2H])c([2H])c32)c([2H])c1[2H]. The first-order valence-electron chi connectivity index (χ1n) is 33.7. The van der Waals surface area contributed by atoms with Gasteiger partial charge in [0.05, 0.1) is 84.0 Å². The molecule has 0 radical (unpaired) electrons. The lowest BCUT2D eigenvalue weighted by Crippen LogP contribution is -2.01. The topological polar surface area (TPSA) is 55.2 Å². The van der Waals surface area contributed by atoms with Crippen LogP contribution in [0, 0.1) is 0 Å². The van der Waals surface area contributed by atoms with Gasteiger partial charge in [0.1, 0.15) is 11.5 Å². The van der Waals surface area contributed by atoms with Crippen LogP contribution in [-0.2, 0) is 0 Å². The second-order valence-corrected chi connectivity index (χ2v) is 12.7. The van der Waals surface area contributed by atoms with Crippen LogP contribution < -0.4 is 0 Å². The normalized spacial score (nSPS) is 19.7. The van der Waals surface area contributed by atoms with Crippen LogP contribution in [0.25, 0.3) is 105 Å². The summed E-state index contributed by atoms with van der Waals surface area (Å²) in [5.74, 6) is -2.43. The lowest BCUT2D eigenvalue weighted by atomic mass is 9.95. The average molecular weight is 791 g/mol.